The molecule has 0 atom stereocenters. The van der Waals surface area contributed by atoms with E-state index in [1.165, 1.54) is 0 Å². The first-order valence-electron chi connectivity index (χ1n) is 3.61. The van der Waals surface area contributed by atoms with Gasteiger partial charge >= 0.3 is 0 Å². The Morgan fingerprint density at radius 2 is 1.00 bits per heavy atom. The van der Waals surface area contributed by atoms with Gasteiger partial charge in [0, 0.05) is 0 Å². The summed E-state index contributed by atoms with van der Waals surface area (Å²) in [4.78, 5) is 3.94. The van der Waals surface area contributed by atoms with Gasteiger partial charge < -0.3 is 5.11 Å². The van der Waals surface area contributed by atoms with E-state index in [4.69, 9.17) is 10.4 Å². The molecule has 0 fully saturated rings. The molecule has 0 unspecified atom stereocenters. The van der Waals surface area contributed by atoms with Crippen LogP contribution in [-0.2, 0) is 4.89 Å². The van der Waals surface area contributed by atoms with E-state index in [1.807, 2.05) is 0 Å². The van der Waals surface area contributed by atoms with E-state index in [0.717, 1.165) is 0 Å². The number of hydrogen-bond donors (Lipinski definition) is 2. The standard InChI is InChI=1S/C4H10O2.C4H10O/c1-4(2,3)6-5;1-4(2,3)5/h5H,1-3H3;5H,1-3H3. The first kappa shape index (κ1) is 13.5. The zero-order valence-corrected chi connectivity index (χ0v) is 8.30. The number of aliphatic hydroxyl groups is 1. The Morgan fingerprint density at radius 3 is 1.00 bits per heavy atom. The summed E-state index contributed by atoms with van der Waals surface area (Å²) >= 11 is 0. The molecule has 0 heterocycles. The van der Waals surface area contributed by atoms with Crippen LogP contribution in [0.4, 0.5) is 0 Å². The van der Waals surface area contributed by atoms with Crippen LogP contribution in [0.1, 0.15) is 41.5 Å². The lowest BCUT2D eigenvalue weighted by atomic mass is 10.2. The SMILES string of the molecule is CC(C)(C)O.CC(C)(C)OO. The van der Waals surface area contributed by atoms with Crippen molar-refractivity contribution in [3.63, 3.8) is 0 Å². The summed E-state index contributed by atoms with van der Waals surface area (Å²) in [6.07, 6.45) is 0. The van der Waals surface area contributed by atoms with Crippen molar-refractivity contribution in [1.82, 2.24) is 0 Å². The van der Waals surface area contributed by atoms with Crippen LogP contribution in [0.2, 0.25) is 0 Å². The van der Waals surface area contributed by atoms with Crippen molar-refractivity contribution in [3.8, 4) is 0 Å². The molecule has 0 aromatic heterocycles. The van der Waals surface area contributed by atoms with Crippen molar-refractivity contribution in [2.75, 3.05) is 0 Å². The molecule has 0 aromatic carbocycles. The smallest absolute Gasteiger partial charge is 0.0949 e. The zero-order chi connectivity index (χ0) is 9.71. The molecule has 70 valence electrons. The quantitative estimate of drug-likeness (QED) is 0.425. The van der Waals surface area contributed by atoms with Crippen LogP contribution >= 0.6 is 0 Å². The minimum atomic E-state index is -0.500. The van der Waals surface area contributed by atoms with Gasteiger partial charge in [0.05, 0.1) is 11.2 Å². The molecule has 0 aliphatic rings. The van der Waals surface area contributed by atoms with Gasteiger partial charge in [0.25, 0.3) is 0 Å². The average Bonchev–Trinajstić information content (AvgIpc) is 1.59. The fourth-order valence-electron chi connectivity index (χ4n) is 0. The van der Waals surface area contributed by atoms with Crippen molar-refractivity contribution in [1.29, 1.82) is 0 Å². The van der Waals surface area contributed by atoms with Crippen LogP contribution in [0.5, 0.6) is 0 Å². The molecule has 0 aliphatic heterocycles. The monoisotopic (exact) mass is 164 g/mol. The molecule has 0 rings (SSSR count). The van der Waals surface area contributed by atoms with Crippen molar-refractivity contribution in [2.45, 2.75) is 52.7 Å². The first-order valence-corrected chi connectivity index (χ1v) is 3.61. The molecule has 0 saturated carbocycles. The average molecular weight is 164 g/mol. The molecule has 0 bridgehead atoms. The lowest BCUT2D eigenvalue weighted by Crippen LogP contribution is -2.15. The third-order valence-corrected chi connectivity index (χ3v) is 0.274. The highest BCUT2D eigenvalue weighted by Crippen LogP contribution is 2.01. The topological polar surface area (TPSA) is 49.7 Å². The molecule has 2 N–H and O–H groups in total. The van der Waals surface area contributed by atoms with Gasteiger partial charge in [-0.1, -0.05) is 0 Å². The highest BCUT2D eigenvalue weighted by Gasteiger charge is 2.06. The largest absolute Gasteiger partial charge is 0.391 e. The van der Waals surface area contributed by atoms with Crippen molar-refractivity contribution in [2.24, 2.45) is 0 Å². The predicted molar refractivity (Wildman–Crippen MR) is 45.4 cm³/mol. The number of hydrogen-bond acceptors (Lipinski definition) is 3. The summed E-state index contributed by atoms with van der Waals surface area (Å²) in [6, 6.07) is 0. The van der Waals surface area contributed by atoms with E-state index in [1.54, 1.807) is 41.5 Å². The minimum Gasteiger partial charge on any atom is -0.391 e. The summed E-state index contributed by atoms with van der Waals surface area (Å²) in [7, 11) is 0. The van der Waals surface area contributed by atoms with Gasteiger partial charge in [-0.15, -0.1) is 0 Å². The van der Waals surface area contributed by atoms with Gasteiger partial charge in [0.1, 0.15) is 0 Å². The molecular formula is C8H20O3. The highest BCUT2D eigenvalue weighted by molar-refractivity contribution is 4.53. The summed E-state index contributed by atoms with van der Waals surface area (Å²) in [5.41, 5.74) is -0.903. The van der Waals surface area contributed by atoms with E-state index in [0.29, 0.717) is 0 Å². The van der Waals surface area contributed by atoms with Crippen LogP contribution in [-0.4, -0.2) is 21.6 Å². The summed E-state index contributed by atoms with van der Waals surface area (Å²) in [5, 5.41) is 16.4. The Kier molecular flexibility index (Phi) is 5.75. The lowest BCUT2D eigenvalue weighted by Gasteiger charge is -2.10. The van der Waals surface area contributed by atoms with Crippen LogP contribution in [0, 0.1) is 0 Å². The molecule has 3 heteroatoms. The molecule has 11 heavy (non-hydrogen) atoms. The minimum absolute atomic E-state index is 0.403. The Balaban J connectivity index is 0. The van der Waals surface area contributed by atoms with Crippen molar-refractivity contribution >= 4 is 0 Å². The normalized spacial score (nSPS) is 12.0. The Bertz CT molecular complexity index is 80.5. The third kappa shape index (κ3) is 74.0. The fraction of sp³-hybridized carbons (Fsp3) is 1.00. The van der Waals surface area contributed by atoms with Crippen LogP contribution in [0.15, 0.2) is 0 Å². The maximum atomic E-state index is 8.52. The molecule has 0 amide bonds. The van der Waals surface area contributed by atoms with Crippen LogP contribution in [0.3, 0.4) is 0 Å². The maximum Gasteiger partial charge on any atom is 0.0949 e. The Morgan fingerprint density at radius 1 is 0.909 bits per heavy atom. The van der Waals surface area contributed by atoms with E-state index in [2.05, 4.69) is 4.89 Å². The molecule has 0 aliphatic carbocycles. The van der Waals surface area contributed by atoms with Gasteiger partial charge in [0.2, 0.25) is 0 Å². The second kappa shape index (κ2) is 4.70. The third-order valence-electron chi connectivity index (χ3n) is 0.274. The van der Waals surface area contributed by atoms with Crippen LogP contribution in [0.25, 0.3) is 0 Å². The molecule has 0 radical (unpaired) electrons. The highest BCUT2D eigenvalue weighted by atomic mass is 17.1. The van der Waals surface area contributed by atoms with E-state index in [-0.39, 0.29) is 0 Å². The second-order valence-corrected chi connectivity index (χ2v) is 4.37. The summed E-state index contributed by atoms with van der Waals surface area (Å²) < 4.78 is 0. The first-order chi connectivity index (χ1) is 4.56. The summed E-state index contributed by atoms with van der Waals surface area (Å²) in [5.74, 6) is 0. The molecule has 0 aromatic rings. The molecule has 0 spiro atoms. The van der Waals surface area contributed by atoms with Crippen LogP contribution < -0.4 is 0 Å². The molecule has 3 nitrogen and oxygen atoms in total. The predicted octanol–water partition coefficient (Wildman–Crippen LogP) is 2.05. The maximum absolute atomic E-state index is 8.52. The zero-order valence-electron chi connectivity index (χ0n) is 8.30. The second-order valence-electron chi connectivity index (χ2n) is 4.37. The van der Waals surface area contributed by atoms with Gasteiger partial charge in [-0.25, -0.2) is 4.89 Å². The molecular weight excluding hydrogens is 144 g/mol. The molecule has 0 saturated heterocycles. The van der Waals surface area contributed by atoms with E-state index in [9.17, 15) is 0 Å². The Labute approximate surface area is 68.9 Å². The van der Waals surface area contributed by atoms with Crippen molar-refractivity contribution in [3.05, 3.63) is 0 Å². The fourth-order valence-corrected chi connectivity index (χ4v) is 0. The lowest BCUT2D eigenvalue weighted by molar-refractivity contribution is -0.306. The van der Waals surface area contributed by atoms with E-state index >= 15 is 0 Å². The summed E-state index contributed by atoms with van der Waals surface area (Å²) in [6.45, 7) is 10.5. The number of rotatable bonds is 0. The van der Waals surface area contributed by atoms with Gasteiger partial charge in [-0.05, 0) is 41.5 Å². The van der Waals surface area contributed by atoms with E-state index < -0.39 is 11.2 Å². The van der Waals surface area contributed by atoms with Gasteiger partial charge in [0.15, 0.2) is 0 Å². The van der Waals surface area contributed by atoms with Crippen molar-refractivity contribution < 1.29 is 15.3 Å². The Hall–Kier alpha value is -0.120. The van der Waals surface area contributed by atoms with Gasteiger partial charge in [-0.2, -0.15) is 0 Å². The van der Waals surface area contributed by atoms with Gasteiger partial charge in [-0.3, -0.25) is 5.26 Å².